The normalized spacial score (nSPS) is 17.0. The van der Waals surface area contributed by atoms with Gasteiger partial charge in [0.25, 0.3) is 0 Å². The molecular formula is C19H15BrF4N4O2. The van der Waals surface area contributed by atoms with Crippen LogP contribution in [0.5, 0.6) is 5.88 Å². The fourth-order valence-corrected chi connectivity index (χ4v) is 3.68. The van der Waals surface area contributed by atoms with Gasteiger partial charge in [-0.1, -0.05) is 0 Å². The zero-order chi connectivity index (χ0) is 21.6. The molecule has 6 nitrogen and oxygen atoms in total. The van der Waals surface area contributed by atoms with Crippen LogP contribution in [0.4, 0.5) is 17.6 Å². The lowest BCUT2D eigenvalue weighted by Crippen LogP contribution is -2.33. The molecule has 1 aromatic carbocycles. The molecule has 0 fully saturated rings. The number of hydroxylamine groups is 1. The Morgan fingerprint density at radius 2 is 2.07 bits per heavy atom. The lowest BCUT2D eigenvalue weighted by Gasteiger charge is -2.22. The Labute approximate surface area is 176 Å². The molecule has 30 heavy (non-hydrogen) atoms. The molecule has 0 radical (unpaired) electrons. The summed E-state index contributed by atoms with van der Waals surface area (Å²) in [5.74, 6) is -0.679. The van der Waals surface area contributed by atoms with Gasteiger partial charge in [0.1, 0.15) is 24.2 Å². The van der Waals surface area contributed by atoms with Crippen molar-refractivity contribution in [3.05, 3.63) is 57.6 Å². The zero-order valence-corrected chi connectivity index (χ0v) is 17.3. The molecule has 0 saturated heterocycles. The minimum Gasteiger partial charge on any atom is -0.480 e. The molecule has 0 bridgehead atoms. The van der Waals surface area contributed by atoms with Crippen LogP contribution in [0.2, 0.25) is 0 Å². The number of benzene rings is 1. The highest BCUT2D eigenvalue weighted by atomic mass is 79.9. The predicted octanol–water partition coefficient (Wildman–Crippen LogP) is 4.53. The summed E-state index contributed by atoms with van der Waals surface area (Å²) in [5, 5.41) is 0.256. The van der Waals surface area contributed by atoms with Crippen LogP contribution in [-0.2, 0) is 18.1 Å². The van der Waals surface area contributed by atoms with Crippen molar-refractivity contribution in [3.63, 3.8) is 0 Å². The monoisotopic (exact) mass is 486 g/mol. The first-order chi connectivity index (χ1) is 14.2. The fourth-order valence-electron chi connectivity index (χ4n) is 3.30. The van der Waals surface area contributed by atoms with E-state index >= 15 is 0 Å². The quantitative estimate of drug-likeness (QED) is 0.552. The summed E-state index contributed by atoms with van der Waals surface area (Å²) in [7, 11) is 3.10. The van der Waals surface area contributed by atoms with Crippen LogP contribution in [0.3, 0.4) is 0 Å². The molecule has 1 aliphatic heterocycles. The number of hydrogen-bond acceptors (Lipinski definition) is 5. The summed E-state index contributed by atoms with van der Waals surface area (Å²) in [6.45, 7) is 0.0784. The number of nitrogens with one attached hydrogen (secondary N) is 1. The smallest absolute Gasteiger partial charge is 0.419 e. The molecule has 0 amide bonds. The molecule has 2 aromatic heterocycles. The maximum absolute atomic E-state index is 14.0. The summed E-state index contributed by atoms with van der Waals surface area (Å²) < 4.78 is 61.0. The lowest BCUT2D eigenvalue weighted by molar-refractivity contribution is -0.139. The van der Waals surface area contributed by atoms with E-state index in [1.165, 1.54) is 7.11 Å². The largest absolute Gasteiger partial charge is 0.480 e. The Balaban J connectivity index is 1.81. The van der Waals surface area contributed by atoms with Gasteiger partial charge in [0.05, 0.1) is 22.7 Å². The van der Waals surface area contributed by atoms with Gasteiger partial charge in [0.2, 0.25) is 5.88 Å². The van der Waals surface area contributed by atoms with Crippen molar-refractivity contribution in [1.29, 1.82) is 0 Å². The van der Waals surface area contributed by atoms with Crippen molar-refractivity contribution in [2.75, 3.05) is 13.7 Å². The summed E-state index contributed by atoms with van der Waals surface area (Å²) in [6.07, 6.45) is -3.18. The van der Waals surface area contributed by atoms with Crippen molar-refractivity contribution < 1.29 is 27.1 Å². The van der Waals surface area contributed by atoms with Crippen molar-refractivity contribution in [3.8, 4) is 5.88 Å². The van der Waals surface area contributed by atoms with Crippen molar-refractivity contribution >= 4 is 32.7 Å². The number of alkyl halides is 3. The number of rotatable bonds is 3. The SMILES string of the molecule is COc1nc(C2=NC(c3cn(C)c4cc(F)c(C(F)(F)F)cc34)CON2)ccc1Br. The fraction of sp³-hybridized carbons (Fsp3) is 0.263. The molecule has 158 valence electrons. The standard InChI is InChI=1S/C19H15BrF4N4O2/c1-28-7-10(9-5-11(19(22,23)24)13(21)6-16(9)28)15-8-30-27-17(25-15)14-4-3-12(20)18(26-14)29-2/h3-7,15H,8H2,1-2H3,(H,25,27). The first kappa shape index (κ1) is 20.6. The molecule has 0 aliphatic carbocycles. The van der Waals surface area contributed by atoms with E-state index in [1.807, 2.05) is 0 Å². The average Bonchev–Trinajstić information content (AvgIpc) is 3.03. The number of aromatic nitrogens is 2. The van der Waals surface area contributed by atoms with Crippen molar-refractivity contribution in [2.45, 2.75) is 12.2 Å². The van der Waals surface area contributed by atoms with E-state index in [9.17, 15) is 17.6 Å². The molecule has 3 aromatic rings. The zero-order valence-electron chi connectivity index (χ0n) is 15.7. The van der Waals surface area contributed by atoms with Crippen LogP contribution in [-0.4, -0.2) is 29.1 Å². The average molecular weight is 487 g/mol. The molecule has 0 spiro atoms. The summed E-state index contributed by atoms with van der Waals surface area (Å²) >= 11 is 3.32. The van der Waals surface area contributed by atoms with Gasteiger partial charge in [-0.15, -0.1) is 0 Å². The molecule has 1 unspecified atom stereocenters. The minimum absolute atomic E-state index is 0.0784. The molecule has 0 saturated carbocycles. The van der Waals surface area contributed by atoms with Gasteiger partial charge >= 0.3 is 6.18 Å². The predicted molar refractivity (Wildman–Crippen MR) is 105 cm³/mol. The van der Waals surface area contributed by atoms with E-state index in [1.54, 1.807) is 29.9 Å². The molecular weight excluding hydrogens is 472 g/mol. The van der Waals surface area contributed by atoms with Gasteiger partial charge in [0, 0.05) is 24.2 Å². The molecule has 3 heterocycles. The number of hydrogen-bond donors (Lipinski definition) is 1. The number of ether oxygens (including phenoxy) is 1. The second kappa shape index (κ2) is 7.55. The second-order valence-electron chi connectivity index (χ2n) is 6.64. The molecule has 1 aliphatic rings. The van der Waals surface area contributed by atoms with Gasteiger partial charge < -0.3 is 9.30 Å². The van der Waals surface area contributed by atoms with Gasteiger partial charge in [-0.3, -0.25) is 9.83 Å². The molecule has 1 N–H and O–H groups in total. The van der Waals surface area contributed by atoms with Crippen LogP contribution in [0, 0.1) is 5.82 Å². The Morgan fingerprint density at radius 3 is 2.77 bits per heavy atom. The van der Waals surface area contributed by atoms with Crippen LogP contribution in [0.25, 0.3) is 10.9 Å². The highest BCUT2D eigenvalue weighted by Gasteiger charge is 2.35. The second-order valence-corrected chi connectivity index (χ2v) is 7.49. The highest BCUT2D eigenvalue weighted by Crippen LogP contribution is 2.37. The number of amidine groups is 1. The Hall–Kier alpha value is -2.66. The van der Waals surface area contributed by atoms with E-state index in [0.717, 1.165) is 12.1 Å². The van der Waals surface area contributed by atoms with E-state index in [2.05, 4.69) is 31.4 Å². The van der Waals surface area contributed by atoms with Gasteiger partial charge in [0.15, 0.2) is 5.84 Å². The van der Waals surface area contributed by atoms with Crippen LogP contribution >= 0.6 is 15.9 Å². The highest BCUT2D eigenvalue weighted by molar-refractivity contribution is 9.10. The Morgan fingerprint density at radius 1 is 1.30 bits per heavy atom. The first-order valence-corrected chi connectivity index (χ1v) is 9.50. The number of nitrogens with zero attached hydrogens (tertiary/aromatic N) is 3. The van der Waals surface area contributed by atoms with Crippen LogP contribution in [0.1, 0.15) is 22.9 Å². The Bertz CT molecular complexity index is 1160. The number of aliphatic imine (C=N–C) groups is 1. The number of aryl methyl sites for hydroxylation is 1. The minimum atomic E-state index is -4.80. The van der Waals surface area contributed by atoms with Gasteiger partial charge in [-0.25, -0.2) is 14.9 Å². The van der Waals surface area contributed by atoms with Crippen molar-refractivity contribution in [1.82, 2.24) is 15.0 Å². The maximum atomic E-state index is 14.0. The Kier molecular flexibility index (Phi) is 5.18. The topological polar surface area (TPSA) is 60.7 Å². The van der Waals surface area contributed by atoms with E-state index in [4.69, 9.17) is 9.57 Å². The maximum Gasteiger partial charge on any atom is 0.419 e. The third kappa shape index (κ3) is 3.63. The third-order valence-corrected chi connectivity index (χ3v) is 5.32. The molecule has 11 heteroatoms. The van der Waals surface area contributed by atoms with Gasteiger partial charge in [-0.05, 0) is 40.2 Å². The van der Waals surface area contributed by atoms with Crippen LogP contribution < -0.4 is 10.2 Å². The van der Waals surface area contributed by atoms with Crippen molar-refractivity contribution in [2.24, 2.45) is 12.0 Å². The summed E-state index contributed by atoms with van der Waals surface area (Å²) in [4.78, 5) is 14.3. The molecule has 4 rings (SSSR count). The third-order valence-electron chi connectivity index (χ3n) is 4.72. The number of methoxy groups -OCH3 is 1. The van der Waals surface area contributed by atoms with E-state index < -0.39 is 23.6 Å². The summed E-state index contributed by atoms with van der Waals surface area (Å²) in [6, 6.07) is 4.50. The lowest BCUT2D eigenvalue weighted by atomic mass is 10.0. The van der Waals surface area contributed by atoms with E-state index in [-0.39, 0.29) is 12.0 Å². The van der Waals surface area contributed by atoms with Crippen LogP contribution in [0.15, 0.2) is 39.9 Å². The first-order valence-electron chi connectivity index (χ1n) is 8.71. The number of pyridine rings is 1. The summed E-state index contributed by atoms with van der Waals surface area (Å²) in [5.41, 5.74) is 2.60. The van der Waals surface area contributed by atoms with Gasteiger partial charge in [-0.2, -0.15) is 13.2 Å². The molecule has 1 atom stereocenters. The number of fused-ring (bicyclic) bond motifs is 1. The number of halogens is 5. The van der Waals surface area contributed by atoms with E-state index in [0.29, 0.717) is 33.0 Å².